The maximum atomic E-state index is 12.9. The molecule has 0 N–H and O–H groups in total. The largest absolute Gasteiger partial charge is 0.462 e. The van der Waals surface area contributed by atoms with Gasteiger partial charge in [0.05, 0.1) is 0 Å². The van der Waals surface area contributed by atoms with Crippen molar-refractivity contribution in [3.63, 3.8) is 0 Å². The van der Waals surface area contributed by atoms with E-state index in [2.05, 4.69) is 118 Å². The van der Waals surface area contributed by atoms with Crippen LogP contribution in [0.25, 0.3) is 0 Å². The highest BCUT2D eigenvalue weighted by Crippen LogP contribution is 2.17. The minimum atomic E-state index is -0.779. The van der Waals surface area contributed by atoms with E-state index in [1.54, 1.807) is 0 Å². The molecule has 1 unspecified atom stereocenters. The molecule has 1 atom stereocenters. The number of ether oxygens (including phenoxy) is 3. The SMILES string of the molecule is CC/C=C\C/C=C\C/C=C\C/C=C\C/C=C\CCCCCCCCCCCCCCCCCCCC(=O)OCC(COC(=O)CCCCCCCCCC)OC(=O)CCCCCCCCCC/C=C\C/C=C\C/C=C\CCCCCCC. The van der Waals surface area contributed by atoms with Gasteiger partial charge in [-0.05, 0) is 103 Å². The Hall–Kier alpha value is -3.67. The number of rotatable bonds is 64. The minimum Gasteiger partial charge on any atom is -0.462 e. The highest BCUT2D eigenvalue weighted by molar-refractivity contribution is 5.71. The average molecular weight is 1140 g/mol. The number of hydrogen-bond donors (Lipinski definition) is 0. The van der Waals surface area contributed by atoms with E-state index in [9.17, 15) is 14.4 Å². The number of carbonyl (C=O) groups is 3. The first-order chi connectivity index (χ1) is 40.5. The molecule has 0 radical (unpaired) electrons. The summed E-state index contributed by atoms with van der Waals surface area (Å²) in [6, 6.07) is 0. The van der Waals surface area contributed by atoms with Crippen LogP contribution in [-0.4, -0.2) is 37.2 Å². The molecule has 472 valence electrons. The summed E-state index contributed by atoms with van der Waals surface area (Å²) in [5.74, 6) is -0.872. The highest BCUT2D eigenvalue weighted by Gasteiger charge is 2.19. The third-order valence-corrected chi connectivity index (χ3v) is 15.3. The Labute approximate surface area is 508 Å². The monoisotopic (exact) mass is 1140 g/mol. The van der Waals surface area contributed by atoms with Crippen molar-refractivity contribution in [3.05, 3.63) is 97.2 Å². The molecule has 0 aliphatic heterocycles. The van der Waals surface area contributed by atoms with Crippen molar-refractivity contribution in [2.45, 2.75) is 354 Å². The minimum absolute atomic E-state index is 0.0762. The maximum absolute atomic E-state index is 12.9. The Kier molecular flexibility index (Phi) is 66.7. The predicted molar refractivity (Wildman–Crippen MR) is 357 cm³/mol. The van der Waals surface area contributed by atoms with E-state index in [4.69, 9.17) is 14.2 Å². The molecule has 0 rings (SSSR count). The van der Waals surface area contributed by atoms with Gasteiger partial charge in [0.15, 0.2) is 6.10 Å². The van der Waals surface area contributed by atoms with E-state index in [0.29, 0.717) is 19.3 Å². The van der Waals surface area contributed by atoms with E-state index >= 15 is 0 Å². The lowest BCUT2D eigenvalue weighted by atomic mass is 10.0. The zero-order valence-electron chi connectivity index (χ0n) is 54.2. The summed E-state index contributed by atoms with van der Waals surface area (Å²) < 4.78 is 16.9. The summed E-state index contributed by atoms with van der Waals surface area (Å²) in [6.45, 7) is 6.52. The molecule has 0 heterocycles. The molecule has 0 fully saturated rings. The van der Waals surface area contributed by atoms with Crippen LogP contribution in [0.2, 0.25) is 0 Å². The van der Waals surface area contributed by atoms with Gasteiger partial charge in [0.25, 0.3) is 0 Å². The molecule has 0 amide bonds. The zero-order valence-corrected chi connectivity index (χ0v) is 54.2. The molecule has 0 aliphatic carbocycles. The number of carbonyl (C=O) groups excluding carboxylic acids is 3. The van der Waals surface area contributed by atoms with E-state index < -0.39 is 6.10 Å². The number of esters is 3. The van der Waals surface area contributed by atoms with Crippen molar-refractivity contribution in [3.8, 4) is 0 Å². The molecule has 0 saturated carbocycles. The Balaban J connectivity index is 4.09. The van der Waals surface area contributed by atoms with Crippen LogP contribution in [-0.2, 0) is 28.6 Å². The lowest BCUT2D eigenvalue weighted by molar-refractivity contribution is -0.167. The fraction of sp³-hybridized carbons (Fsp3) is 0.750. The smallest absolute Gasteiger partial charge is 0.306 e. The Bertz CT molecular complexity index is 1590. The zero-order chi connectivity index (χ0) is 59.2. The summed E-state index contributed by atoms with van der Waals surface area (Å²) in [5, 5.41) is 0. The van der Waals surface area contributed by atoms with Crippen LogP contribution in [0.3, 0.4) is 0 Å². The molecule has 0 spiro atoms. The molecule has 0 aromatic rings. The van der Waals surface area contributed by atoms with Gasteiger partial charge in [0.2, 0.25) is 0 Å². The van der Waals surface area contributed by atoms with E-state index in [-0.39, 0.29) is 31.1 Å². The van der Waals surface area contributed by atoms with Crippen molar-refractivity contribution < 1.29 is 28.6 Å². The summed E-state index contributed by atoms with van der Waals surface area (Å²) >= 11 is 0. The van der Waals surface area contributed by atoms with Crippen LogP contribution >= 0.6 is 0 Å². The molecular weight excluding hydrogens is 1010 g/mol. The van der Waals surface area contributed by atoms with Crippen molar-refractivity contribution in [2.75, 3.05) is 13.2 Å². The van der Waals surface area contributed by atoms with Gasteiger partial charge < -0.3 is 14.2 Å². The second-order valence-corrected chi connectivity index (χ2v) is 23.4. The lowest BCUT2D eigenvalue weighted by Crippen LogP contribution is -2.30. The first-order valence-corrected chi connectivity index (χ1v) is 35.2. The van der Waals surface area contributed by atoms with Gasteiger partial charge in [-0.1, -0.05) is 323 Å². The summed E-state index contributed by atoms with van der Waals surface area (Å²) in [5.41, 5.74) is 0. The first kappa shape index (κ1) is 78.3. The van der Waals surface area contributed by atoms with Crippen LogP contribution in [0.5, 0.6) is 0 Å². The van der Waals surface area contributed by atoms with Crippen LogP contribution in [0.1, 0.15) is 348 Å². The summed E-state index contributed by atoms with van der Waals surface area (Å²) in [7, 11) is 0. The average Bonchev–Trinajstić information content (AvgIpc) is 3.47. The topological polar surface area (TPSA) is 78.9 Å². The molecule has 0 aromatic carbocycles. The van der Waals surface area contributed by atoms with Gasteiger partial charge >= 0.3 is 17.9 Å². The molecular formula is C76H132O6. The Morgan fingerprint density at radius 3 is 0.744 bits per heavy atom. The lowest BCUT2D eigenvalue weighted by Gasteiger charge is -2.18. The van der Waals surface area contributed by atoms with E-state index in [0.717, 1.165) is 109 Å². The van der Waals surface area contributed by atoms with Crippen LogP contribution in [0.15, 0.2) is 97.2 Å². The van der Waals surface area contributed by atoms with Gasteiger partial charge in [0, 0.05) is 19.3 Å². The number of unbranched alkanes of at least 4 members (excludes halogenated alkanes) is 37. The van der Waals surface area contributed by atoms with Crippen molar-refractivity contribution >= 4 is 17.9 Å². The molecule has 0 aliphatic rings. The molecule has 0 saturated heterocycles. The molecule has 82 heavy (non-hydrogen) atoms. The van der Waals surface area contributed by atoms with E-state index in [1.807, 2.05) is 0 Å². The molecule has 0 bridgehead atoms. The normalized spacial score (nSPS) is 12.7. The van der Waals surface area contributed by atoms with E-state index in [1.165, 1.54) is 199 Å². The second kappa shape index (κ2) is 69.8. The standard InChI is InChI=1S/C76H132O6/c1-4-7-10-13-16-19-21-23-25-27-29-31-33-34-35-36-37-38-39-40-41-42-44-45-47-49-51-53-55-57-60-63-66-69-75(78)81-72-73(71-80-74(77)68-65-62-59-18-15-12-9-6-3)82-76(79)70-67-64-61-58-56-54-52-50-48-46-43-32-30-28-26-24-22-20-17-14-11-8-5-2/h7,10,16,19,22-25,28-31,34-35,43,46,73H,4-6,8-9,11-15,17-18,20-21,26-27,32-33,36-42,44-45,47-72H2,1-3H3/b10-7-,19-16-,24-22-,25-23-,30-28-,31-29-,35-34-,46-43-. The van der Waals surface area contributed by atoms with Crippen molar-refractivity contribution in [2.24, 2.45) is 0 Å². The van der Waals surface area contributed by atoms with Crippen molar-refractivity contribution in [1.82, 2.24) is 0 Å². The van der Waals surface area contributed by atoms with Gasteiger partial charge in [-0.2, -0.15) is 0 Å². The van der Waals surface area contributed by atoms with Gasteiger partial charge in [-0.25, -0.2) is 0 Å². The summed E-state index contributed by atoms with van der Waals surface area (Å²) in [6.07, 6.45) is 94.6. The van der Waals surface area contributed by atoms with Crippen LogP contribution in [0.4, 0.5) is 0 Å². The molecule has 0 aromatic heterocycles. The maximum Gasteiger partial charge on any atom is 0.306 e. The highest BCUT2D eigenvalue weighted by atomic mass is 16.6. The van der Waals surface area contributed by atoms with Gasteiger partial charge in [-0.3, -0.25) is 14.4 Å². The summed E-state index contributed by atoms with van der Waals surface area (Å²) in [4.78, 5) is 38.2. The van der Waals surface area contributed by atoms with Gasteiger partial charge in [-0.15, -0.1) is 0 Å². The first-order valence-electron chi connectivity index (χ1n) is 35.2. The molecule has 6 nitrogen and oxygen atoms in total. The number of hydrogen-bond acceptors (Lipinski definition) is 6. The second-order valence-electron chi connectivity index (χ2n) is 23.4. The predicted octanol–water partition coefficient (Wildman–Crippen LogP) is 24.4. The van der Waals surface area contributed by atoms with Gasteiger partial charge in [0.1, 0.15) is 13.2 Å². The quantitative estimate of drug-likeness (QED) is 0.0261. The van der Waals surface area contributed by atoms with Crippen LogP contribution in [0, 0.1) is 0 Å². The third kappa shape index (κ3) is 67.1. The fourth-order valence-electron chi connectivity index (χ4n) is 10.1. The Morgan fingerprint density at radius 1 is 0.256 bits per heavy atom. The number of allylic oxidation sites excluding steroid dienone is 16. The van der Waals surface area contributed by atoms with Crippen molar-refractivity contribution in [1.29, 1.82) is 0 Å². The Morgan fingerprint density at radius 2 is 0.476 bits per heavy atom. The van der Waals surface area contributed by atoms with Crippen LogP contribution < -0.4 is 0 Å². The fourth-order valence-corrected chi connectivity index (χ4v) is 10.1. The molecule has 6 heteroatoms. The third-order valence-electron chi connectivity index (χ3n) is 15.3.